The molecule has 2 aromatic carbocycles. The molecule has 3 N–H and O–H groups in total. The monoisotopic (exact) mass is 644 g/mol. The van der Waals surface area contributed by atoms with E-state index in [4.69, 9.17) is 4.98 Å². The Bertz CT molecular complexity index is 1750. The quantitative estimate of drug-likeness (QED) is 0.247. The summed E-state index contributed by atoms with van der Waals surface area (Å²) in [5, 5.41) is 16.5. The number of aliphatic hydroxyl groups is 1. The number of nitrogens with one attached hydrogen (secondary N) is 2. The van der Waals surface area contributed by atoms with E-state index < -0.39 is 21.8 Å². The third-order valence-corrected chi connectivity index (χ3v) is 10.3. The van der Waals surface area contributed by atoms with Gasteiger partial charge in [0.15, 0.2) is 17.0 Å². The maximum atomic E-state index is 13.4. The van der Waals surface area contributed by atoms with Crippen molar-refractivity contribution in [1.82, 2.24) is 23.8 Å². The van der Waals surface area contributed by atoms with Crippen LogP contribution in [0.4, 0.5) is 36.3 Å². The smallest absolute Gasteiger partial charge is 0.393 e. The molecule has 6 rings (SSSR count). The van der Waals surface area contributed by atoms with Crippen molar-refractivity contribution in [3.8, 4) is 0 Å². The van der Waals surface area contributed by atoms with E-state index in [2.05, 4.69) is 20.6 Å². The fraction of sp³-hybridized carbons (Fsp3) is 0.433. The number of rotatable bonds is 8. The highest BCUT2D eigenvalue weighted by Crippen LogP contribution is 2.33. The van der Waals surface area contributed by atoms with Gasteiger partial charge < -0.3 is 25.2 Å². The largest absolute Gasteiger partial charge is 0.416 e. The van der Waals surface area contributed by atoms with Crippen molar-refractivity contribution >= 4 is 44.3 Å². The Morgan fingerprint density at radius 3 is 2.36 bits per heavy atom. The van der Waals surface area contributed by atoms with Crippen LogP contribution in [0.3, 0.4) is 0 Å². The molecule has 2 fully saturated rings. The standard InChI is InChI=1S/C30H35F3N8O3S/c1-2-39-19-34-26-27(37-29(38-28(26)39)36-22-6-10-24(42)11-7-22)35-21-8-12-25(13-9-21)45(43,44)41-16-14-40(15-17-41)23-5-3-4-20(18-23)30(31,32)33/h3-5,8-9,12-13,18-19,22,24,42H,2,6-7,10-11,14-17H2,1H3,(H2,35,36,37,38). The van der Waals surface area contributed by atoms with Crippen molar-refractivity contribution in [3.05, 3.63) is 60.4 Å². The van der Waals surface area contributed by atoms with Gasteiger partial charge in [0.2, 0.25) is 16.0 Å². The molecular formula is C30H35F3N8O3S. The highest BCUT2D eigenvalue weighted by molar-refractivity contribution is 7.89. The number of aromatic nitrogens is 4. The third-order valence-electron chi connectivity index (χ3n) is 8.37. The minimum Gasteiger partial charge on any atom is -0.393 e. The topological polar surface area (TPSA) is 129 Å². The fourth-order valence-corrected chi connectivity index (χ4v) is 7.21. The number of benzene rings is 2. The average molecular weight is 645 g/mol. The number of imidazole rings is 1. The summed E-state index contributed by atoms with van der Waals surface area (Å²) in [6, 6.07) is 11.6. The predicted octanol–water partition coefficient (Wildman–Crippen LogP) is 4.83. The zero-order chi connectivity index (χ0) is 31.8. The number of alkyl halides is 3. The van der Waals surface area contributed by atoms with E-state index in [0.29, 0.717) is 40.8 Å². The van der Waals surface area contributed by atoms with Gasteiger partial charge in [0.25, 0.3) is 0 Å². The summed E-state index contributed by atoms with van der Waals surface area (Å²) < 4.78 is 69.6. The van der Waals surface area contributed by atoms with Gasteiger partial charge in [-0.2, -0.15) is 27.4 Å². The van der Waals surface area contributed by atoms with Gasteiger partial charge >= 0.3 is 6.18 Å². The number of sulfonamides is 1. The van der Waals surface area contributed by atoms with Crippen LogP contribution >= 0.6 is 0 Å². The molecule has 0 unspecified atom stereocenters. The Balaban J connectivity index is 1.15. The molecule has 240 valence electrons. The van der Waals surface area contributed by atoms with Crippen molar-refractivity contribution in [3.63, 3.8) is 0 Å². The SMILES string of the molecule is CCn1cnc2c(Nc3ccc(S(=O)(=O)N4CCN(c5cccc(C(F)(F)F)c5)CC4)cc3)nc(NC3CCC(O)CC3)nc21. The molecule has 1 aliphatic heterocycles. The second-order valence-corrected chi connectivity index (χ2v) is 13.3. The number of hydrogen-bond acceptors (Lipinski definition) is 9. The molecule has 0 spiro atoms. The van der Waals surface area contributed by atoms with E-state index in [0.717, 1.165) is 37.8 Å². The first-order valence-corrected chi connectivity index (χ1v) is 16.4. The second kappa shape index (κ2) is 12.4. The molecule has 45 heavy (non-hydrogen) atoms. The van der Waals surface area contributed by atoms with E-state index >= 15 is 0 Å². The molecule has 15 heteroatoms. The lowest BCUT2D eigenvalue weighted by atomic mass is 9.93. The maximum Gasteiger partial charge on any atom is 0.416 e. The molecule has 0 atom stereocenters. The highest BCUT2D eigenvalue weighted by Gasteiger charge is 2.32. The molecule has 11 nitrogen and oxygen atoms in total. The van der Waals surface area contributed by atoms with Gasteiger partial charge in [-0.15, -0.1) is 0 Å². The Morgan fingerprint density at radius 2 is 1.69 bits per heavy atom. The molecule has 0 bridgehead atoms. The number of piperazine rings is 1. The van der Waals surface area contributed by atoms with E-state index in [1.807, 2.05) is 11.5 Å². The Hall–Kier alpha value is -3.95. The summed E-state index contributed by atoms with van der Waals surface area (Å²) in [6.45, 7) is 3.50. The van der Waals surface area contributed by atoms with Gasteiger partial charge in [-0.05, 0) is 75.1 Å². The molecular weight excluding hydrogens is 609 g/mol. The molecule has 1 aliphatic carbocycles. The fourth-order valence-electron chi connectivity index (χ4n) is 5.79. The first-order valence-electron chi connectivity index (χ1n) is 15.0. The van der Waals surface area contributed by atoms with Crippen molar-refractivity contribution in [2.75, 3.05) is 41.7 Å². The van der Waals surface area contributed by atoms with Gasteiger partial charge in [-0.25, -0.2) is 13.4 Å². The van der Waals surface area contributed by atoms with Crippen LogP contribution in [0.15, 0.2) is 59.8 Å². The number of aliphatic hydroxyl groups excluding tert-OH is 1. The zero-order valence-electron chi connectivity index (χ0n) is 24.7. The van der Waals surface area contributed by atoms with E-state index in [1.54, 1.807) is 29.4 Å². The summed E-state index contributed by atoms with van der Waals surface area (Å²) in [5.74, 6) is 0.928. The van der Waals surface area contributed by atoms with Crippen LogP contribution in [0, 0.1) is 0 Å². The van der Waals surface area contributed by atoms with Crippen molar-refractivity contribution in [2.24, 2.45) is 0 Å². The summed E-state index contributed by atoms with van der Waals surface area (Å²) in [4.78, 5) is 15.8. The third kappa shape index (κ3) is 6.70. The molecule has 4 aromatic rings. The molecule has 1 saturated heterocycles. The Labute approximate surface area is 259 Å². The lowest BCUT2D eigenvalue weighted by Crippen LogP contribution is -2.48. The van der Waals surface area contributed by atoms with Crippen LogP contribution in [0.5, 0.6) is 0 Å². The summed E-state index contributed by atoms with van der Waals surface area (Å²) >= 11 is 0. The molecule has 0 radical (unpaired) electrons. The zero-order valence-corrected chi connectivity index (χ0v) is 25.5. The van der Waals surface area contributed by atoms with Gasteiger partial charge in [0, 0.05) is 50.1 Å². The van der Waals surface area contributed by atoms with Crippen LogP contribution in [0.25, 0.3) is 11.2 Å². The average Bonchev–Trinajstić information content (AvgIpc) is 3.45. The van der Waals surface area contributed by atoms with Crippen LogP contribution in [0.2, 0.25) is 0 Å². The van der Waals surface area contributed by atoms with Gasteiger partial charge in [0.1, 0.15) is 0 Å². The molecule has 3 heterocycles. The van der Waals surface area contributed by atoms with Crippen LogP contribution in [0.1, 0.15) is 38.2 Å². The number of halogens is 3. The summed E-state index contributed by atoms with van der Waals surface area (Å²) in [7, 11) is -3.82. The first-order chi connectivity index (χ1) is 21.5. The number of hydrogen-bond donors (Lipinski definition) is 3. The van der Waals surface area contributed by atoms with E-state index in [1.165, 1.54) is 22.5 Å². The molecule has 0 amide bonds. The maximum absolute atomic E-state index is 13.4. The lowest BCUT2D eigenvalue weighted by molar-refractivity contribution is -0.137. The van der Waals surface area contributed by atoms with E-state index in [-0.39, 0.29) is 43.2 Å². The van der Waals surface area contributed by atoms with E-state index in [9.17, 15) is 26.7 Å². The molecule has 2 aromatic heterocycles. The van der Waals surface area contributed by atoms with Crippen LogP contribution < -0.4 is 15.5 Å². The minimum absolute atomic E-state index is 0.116. The highest BCUT2D eigenvalue weighted by atomic mass is 32.2. The predicted molar refractivity (Wildman–Crippen MR) is 165 cm³/mol. The van der Waals surface area contributed by atoms with Gasteiger partial charge in [-0.1, -0.05) is 6.07 Å². The van der Waals surface area contributed by atoms with Gasteiger partial charge in [0.05, 0.1) is 22.9 Å². The summed E-state index contributed by atoms with van der Waals surface area (Å²) in [5.41, 5.74) is 1.54. The first kappa shape index (κ1) is 31.0. The number of fused-ring (bicyclic) bond motifs is 1. The lowest BCUT2D eigenvalue weighted by Gasteiger charge is -2.35. The molecule has 2 aliphatic rings. The summed E-state index contributed by atoms with van der Waals surface area (Å²) in [6.07, 6.45) is 0.0537. The number of anilines is 4. The molecule has 1 saturated carbocycles. The minimum atomic E-state index is -4.45. The normalized spacial score (nSPS) is 20.0. The van der Waals surface area contributed by atoms with Crippen LogP contribution in [-0.4, -0.2) is 75.7 Å². The van der Waals surface area contributed by atoms with Crippen molar-refractivity contribution in [1.29, 1.82) is 0 Å². The van der Waals surface area contributed by atoms with Gasteiger partial charge in [-0.3, -0.25) is 0 Å². The Kier molecular flexibility index (Phi) is 8.59. The second-order valence-electron chi connectivity index (χ2n) is 11.3. The number of nitrogens with zero attached hydrogens (tertiary/aromatic N) is 6. The van der Waals surface area contributed by atoms with Crippen molar-refractivity contribution in [2.45, 2.75) is 62.4 Å². The van der Waals surface area contributed by atoms with Crippen molar-refractivity contribution < 1.29 is 26.7 Å². The van der Waals surface area contributed by atoms with Crippen LogP contribution in [-0.2, 0) is 22.7 Å². The number of aryl methyl sites for hydroxylation is 1. The Morgan fingerprint density at radius 1 is 0.978 bits per heavy atom.